The summed E-state index contributed by atoms with van der Waals surface area (Å²) in [6.07, 6.45) is 1.93. The topological polar surface area (TPSA) is 87.9 Å². The molecule has 146 valence electrons. The summed E-state index contributed by atoms with van der Waals surface area (Å²) in [5, 5.41) is 9.43. The molecule has 6 nitrogen and oxygen atoms in total. The van der Waals surface area contributed by atoms with Crippen molar-refractivity contribution in [2.75, 3.05) is 18.0 Å². The molecule has 0 radical (unpaired) electrons. The standard InChI is InChI=1S/C23H23N5O/c24-14-18-9-4-5-10-19(18)15-28-22(29)13-21(17-7-2-1-3-8-17)26-23(28)27-12-6-11-20(25)16-27/h1-5,7-10,13,20H,6,11-12,15-16,25H2. The van der Waals surface area contributed by atoms with E-state index in [1.165, 1.54) is 0 Å². The van der Waals surface area contributed by atoms with Crippen LogP contribution in [0.4, 0.5) is 5.95 Å². The number of hydrogen-bond acceptors (Lipinski definition) is 5. The fourth-order valence-electron chi connectivity index (χ4n) is 3.77. The monoisotopic (exact) mass is 385 g/mol. The van der Waals surface area contributed by atoms with Crippen LogP contribution in [-0.4, -0.2) is 28.7 Å². The first-order valence-electron chi connectivity index (χ1n) is 9.81. The van der Waals surface area contributed by atoms with Crippen molar-refractivity contribution in [1.29, 1.82) is 5.26 Å². The van der Waals surface area contributed by atoms with E-state index >= 15 is 0 Å². The van der Waals surface area contributed by atoms with Gasteiger partial charge in [0.2, 0.25) is 5.95 Å². The van der Waals surface area contributed by atoms with Gasteiger partial charge in [-0.15, -0.1) is 0 Å². The number of piperidine rings is 1. The van der Waals surface area contributed by atoms with Crippen molar-refractivity contribution < 1.29 is 0 Å². The molecule has 0 aliphatic carbocycles. The third kappa shape index (κ3) is 4.05. The second-order valence-electron chi connectivity index (χ2n) is 7.35. The van der Waals surface area contributed by atoms with E-state index in [1.807, 2.05) is 48.5 Å². The van der Waals surface area contributed by atoms with E-state index in [0.717, 1.165) is 30.5 Å². The summed E-state index contributed by atoms with van der Waals surface area (Å²) in [7, 11) is 0. The number of nitriles is 1. The fourth-order valence-corrected chi connectivity index (χ4v) is 3.77. The highest BCUT2D eigenvalue weighted by Crippen LogP contribution is 2.22. The van der Waals surface area contributed by atoms with Gasteiger partial charge in [-0.2, -0.15) is 5.26 Å². The van der Waals surface area contributed by atoms with Gasteiger partial charge in [-0.25, -0.2) is 4.98 Å². The Labute approximate surface area is 169 Å². The normalized spacial score (nSPS) is 16.4. The first-order valence-corrected chi connectivity index (χ1v) is 9.81. The van der Waals surface area contributed by atoms with Crippen LogP contribution < -0.4 is 16.2 Å². The molecule has 0 saturated carbocycles. The molecular weight excluding hydrogens is 362 g/mol. The molecular formula is C23H23N5O. The molecule has 1 aliphatic rings. The number of rotatable bonds is 4. The Bertz CT molecular complexity index is 1100. The molecule has 4 rings (SSSR count). The van der Waals surface area contributed by atoms with E-state index in [0.29, 0.717) is 30.3 Å². The number of anilines is 1. The molecule has 3 aromatic rings. The Morgan fingerprint density at radius 2 is 1.90 bits per heavy atom. The van der Waals surface area contributed by atoms with Crippen LogP contribution in [0.25, 0.3) is 11.3 Å². The maximum atomic E-state index is 13.1. The molecule has 1 aliphatic heterocycles. The van der Waals surface area contributed by atoms with Crippen molar-refractivity contribution in [1.82, 2.24) is 9.55 Å². The lowest BCUT2D eigenvalue weighted by atomic mass is 10.1. The highest BCUT2D eigenvalue weighted by Gasteiger charge is 2.22. The molecule has 1 aromatic heterocycles. The minimum Gasteiger partial charge on any atom is -0.341 e. The van der Waals surface area contributed by atoms with E-state index in [1.54, 1.807) is 16.7 Å². The molecule has 1 fully saturated rings. The summed E-state index contributed by atoms with van der Waals surface area (Å²) in [4.78, 5) is 20.1. The van der Waals surface area contributed by atoms with Crippen LogP contribution in [0.1, 0.15) is 24.0 Å². The predicted octanol–water partition coefficient (Wildman–Crippen LogP) is 2.76. The first kappa shape index (κ1) is 18.9. The zero-order valence-electron chi connectivity index (χ0n) is 16.2. The summed E-state index contributed by atoms with van der Waals surface area (Å²) < 4.78 is 1.65. The smallest absolute Gasteiger partial charge is 0.255 e. The van der Waals surface area contributed by atoms with Gasteiger partial charge in [0.15, 0.2) is 0 Å². The molecule has 0 spiro atoms. The van der Waals surface area contributed by atoms with Crippen molar-refractivity contribution in [2.45, 2.75) is 25.4 Å². The molecule has 0 bridgehead atoms. The molecule has 2 N–H and O–H groups in total. The van der Waals surface area contributed by atoms with Gasteiger partial charge >= 0.3 is 0 Å². The third-order valence-corrected chi connectivity index (χ3v) is 5.26. The van der Waals surface area contributed by atoms with Crippen molar-refractivity contribution in [2.24, 2.45) is 5.73 Å². The van der Waals surface area contributed by atoms with Gasteiger partial charge in [0.1, 0.15) is 0 Å². The Morgan fingerprint density at radius 3 is 2.66 bits per heavy atom. The quantitative estimate of drug-likeness (QED) is 0.746. The maximum absolute atomic E-state index is 13.1. The fraction of sp³-hybridized carbons (Fsp3) is 0.261. The SMILES string of the molecule is N#Cc1ccccc1Cn1c(N2CCCC(N)C2)nc(-c2ccccc2)cc1=O. The summed E-state index contributed by atoms with van der Waals surface area (Å²) in [5.41, 5.74) is 8.97. The average molecular weight is 385 g/mol. The zero-order chi connectivity index (χ0) is 20.2. The first-order chi connectivity index (χ1) is 14.2. The van der Waals surface area contributed by atoms with Gasteiger partial charge in [-0.05, 0) is 24.5 Å². The van der Waals surface area contributed by atoms with E-state index in [-0.39, 0.29) is 11.6 Å². The molecule has 6 heteroatoms. The Balaban J connectivity index is 1.83. The summed E-state index contributed by atoms with van der Waals surface area (Å²) in [6, 6.07) is 20.9. The molecule has 2 aromatic carbocycles. The molecule has 1 atom stereocenters. The number of aromatic nitrogens is 2. The van der Waals surface area contributed by atoms with Crippen molar-refractivity contribution >= 4 is 5.95 Å². The lowest BCUT2D eigenvalue weighted by Crippen LogP contribution is -2.45. The maximum Gasteiger partial charge on any atom is 0.255 e. The summed E-state index contributed by atoms with van der Waals surface area (Å²) in [6.45, 7) is 1.76. The molecule has 29 heavy (non-hydrogen) atoms. The highest BCUT2D eigenvalue weighted by molar-refractivity contribution is 5.60. The number of nitrogens with zero attached hydrogens (tertiary/aromatic N) is 4. The van der Waals surface area contributed by atoms with Crippen LogP contribution in [0, 0.1) is 11.3 Å². The van der Waals surface area contributed by atoms with E-state index in [4.69, 9.17) is 10.7 Å². The van der Waals surface area contributed by atoms with E-state index in [2.05, 4.69) is 11.0 Å². The Hall–Kier alpha value is -3.43. The zero-order valence-corrected chi connectivity index (χ0v) is 16.2. The van der Waals surface area contributed by atoms with Gasteiger partial charge in [0, 0.05) is 30.8 Å². The molecule has 0 amide bonds. The van der Waals surface area contributed by atoms with Gasteiger partial charge in [0.05, 0.1) is 23.9 Å². The highest BCUT2D eigenvalue weighted by atomic mass is 16.1. The minimum absolute atomic E-state index is 0.0564. The van der Waals surface area contributed by atoms with Crippen molar-refractivity contribution in [3.63, 3.8) is 0 Å². The lowest BCUT2D eigenvalue weighted by Gasteiger charge is -2.33. The average Bonchev–Trinajstić information content (AvgIpc) is 2.76. The number of benzene rings is 2. The van der Waals surface area contributed by atoms with Crippen LogP contribution in [0.2, 0.25) is 0 Å². The molecule has 1 unspecified atom stereocenters. The van der Waals surface area contributed by atoms with Crippen LogP contribution >= 0.6 is 0 Å². The van der Waals surface area contributed by atoms with Crippen LogP contribution in [0.3, 0.4) is 0 Å². The predicted molar refractivity (Wildman–Crippen MR) is 114 cm³/mol. The molecule has 2 heterocycles. The summed E-state index contributed by atoms with van der Waals surface area (Å²) in [5.74, 6) is 0.610. The van der Waals surface area contributed by atoms with Crippen molar-refractivity contribution in [3.05, 3.63) is 82.1 Å². The van der Waals surface area contributed by atoms with Crippen LogP contribution in [0.5, 0.6) is 0 Å². The van der Waals surface area contributed by atoms with Gasteiger partial charge < -0.3 is 10.6 Å². The van der Waals surface area contributed by atoms with Crippen LogP contribution in [-0.2, 0) is 6.54 Å². The van der Waals surface area contributed by atoms with Crippen molar-refractivity contribution in [3.8, 4) is 17.3 Å². The Kier molecular flexibility index (Phi) is 5.41. The summed E-state index contributed by atoms with van der Waals surface area (Å²) >= 11 is 0. The number of nitrogens with two attached hydrogens (primary N) is 1. The van der Waals surface area contributed by atoms with E-state index < -0.39 is 0 Å². The minimum atomic E-state index is -0.138. The van der Waals surface area contributed by atoms with Gasteiger partial charge in [-0.1, -0.05) is 48.5 Å². The Morgan fingerprint density at radius 1 is 1.14 bits per heavy atom. The second kappa shape index (κ2) is 8.29. The largest absolute Gasteiger partial charge is 0.341 e. The van der Waals surface area contributed by atoms with Crippen LogP contribution in [0.15, 0.2) is 65.5 Å². The number of hydrogen-bond donors (Lipinski definition) is 1. The lowest BCUT2D eigenvalue weighted by molar-refractivity contribution is 0.491. The molecule has 1 saturated heterocycles. The van der Waals surface area contributed by atoms with Gasteiger partial charge in [-0.3, -0.25) is 9.36 Å². The second-order valence-corrected chi connectivity index (χ2v) is 7.35. The van der Waals surface area contributed by atoms with E-state index in [9.17, 15) is 10.1 Å². The third-order valence-electron chi connectivity index (χ3n) is 5.26. The van der Waals surface area contributed by atoms with Gasteiger partial charge in [0.25, 0.3) is 5.56 Å².